The second-order valence-electron chi connectivity index (χ2n) is 4.33. The maximum atomic E-state index is 4.39. The van der Waals surface area contributed by atoms with Crippen LogP contribution >= 0.6 is 15.9 Å². The highest BCUT2D eigenvalue weighted by atomic mass is 79.9. The van der Waals surface area contributed by atoms with E-state index in [1.165, 1.54) is 19.3 Å². The van der Waals surface area contributed by atoms with Crippen molar-refractivity contribution in [2.45, 2.75) is 39.5 Å². The van der Waals surface area contributed by atoms with Gasteiger partial charge < -0.3 is 0 Å². The monoisotopic (exact) mass is 269 g/mol. The summed E-state index contributed by atoms with van der Waals surface area (Å²) in [7, 11) is 0. The zero-order valence-corrected chi connectivity index (χ0v) is 11.3. The van der Waals surface area contributed by atoms with Crippen LogP contribution in [0, 0.1) is 11.8 Å². The maximum absolute atomic E-state index is 4.39. The number of halogens is 1. The Balaban J connectivity index is 2.35. The van der Waals surface area contributed by atoms with Gasteiger partial charge >= 0.3 is 0 Å². The topological polar surface area (TPSA) is 12.4 Å². The summed E-state index contributed by atoms with van der Waals surface area (Å²) < 4.78 is 1.05. The molecule has 0 amide bonds. The van der Waals surface area contributed by atoms with E-state index in [2.05, 4.69) is 47.4 Å². The lowest BCUT2D eigenvalue weighted by molar-refractivity contribution is 0.561. The smallest absolute Gasteiger partial charge is 0.0410 e. The molecule has 84 valence electrons. The van der Waals surface area contributed by atoms with Crippen molar-refractivity contribution in [1.82, 2.24) is 0 Å². The van der Waals surface area contributed by atoms with E-state index < -0.39 is 0 Å². The molecular weight excluding hydrogens is 250 g/mol. The van der Waals surface area contributed by atoms with Gasteiger partial charge in [0.15, 0.2) is 0 Å². The van der Waals surface area contributed by atoms with Gasteiger partial charge in [-0.2, -0.15) is 0 Å². The Morgan fingerprint density at radius 3 is 2.80 bits per heavy atom. The van der Waals surface area contributed by atoms with Gasteiger partial charge in [-0.05, 0) is 40.6 Å². The average molecular weight is 270 g/mol. The first-order chi connectivity index (χ1) is 7.13. The summed E-state index contributed by atoms with van der Waals surface area (Å²) >= 11 is 3.45. The van der Waals surface area contributed by atoms with Crippen molar-refractivity contribution in [3.05, 3.63) is 22.8 Å². The van der Waals surface area contributed by atoms with Gasteiger partial charge in [0.2, 0.25) is 0 Å². The SMILES string of the molecule is C=C(/N=C\C(Br)=C/CC)C(C)CC1CC1. The first-order valence-corrected chi connectivity index (χ1v) is 6.51. The first-order valence-electron chi connectivity index (χ1n) is 5.72. The zero-order valence-electron chi connectivity index (χ0n) is 9.67. The summed E-state index contributed by atoms with van der Waals surface area (Å²) in [5, 5.41) is 0. The van der Waals surface area contributed by atoms with Crippen LogP contribution < -0.4 is 0 Å². The Hall–Kier alpha value is -0.370. The van der Waals surface area contributed by atoms with Crippen molar-refractivity contribution in [1.29, 1.82) is 0 Å². The van der Waals surface area contributed by atoms with Crippen molar-refractivity contribution >= 4 is 22.1 Å². The fourth-order valence-electron chi connectivity index (χ4n) is 1.51. The first kappa shape index (κ1) is 12.7. The molecule has 0 heterocycles. The van der Waals surface area contributed by atoms with Gasteiger partial charge in [0.25, 0.3) is 0 Å². The van der Waals surface area contributed by atoms with Crippen LogP contribution in [0.15, 0.2) is 27.8 Å². The second-order valence-corrected chi connectivity index (χ2v) is 5.24. The van der Waals surface area contributed by atoms with Gasteiger partial charge in [-0.25, -0.2) is 0 Å². The molecule has 1 unspecified atom stereocenters. The number of rotatable bonds is 6. The van der Waals surface area contributed by atoms with Crippen molar-refractivity contribution in [3.8, 4) is 0 Å². The molecule has 0 aromatic rings. The minimum atomic E-state index is 0.524. The van der Waals surface area contributed by atoms with E-state index >= 15 is 0 Å². The van der Waals surface area contributed by atoms with Crippen LogP contribution in [0.2, 0.25) is 0 Å². The highest BCUT2D eigenvalue weighted by Crippen LogP contribution is 2.36. The highest BCUT2D eigenvalue weighted by molar-refractivity contribution is 9.12. The van der Waals surface area contributed by atoms with Crippen LogP contribution in [0.25, 0.3) is 0 Å². The summed E-state index contributed by atoms with van der Waals surface area (Å²) in [6, 6.07) is 0. The molecule has 2 heteroatoms. The molecule has 0 aliphatic heterocycles. The van der Waals surface area contributed by atoms with E-state index in [4.69, 9.17) is 0 Å². The van der Waals surface area contributed by atoms with Gasteiger partial charge in [-0.1, -0.05) is 39.3 Å². The van der Waals surface area contributed by atoms with Crippen molar-refractivity contribution in [2.24, 2.45) is 16.8 Å². The molecule has 15 heavy (non-hydrogen) atoms. The average Bonchev–Trinajstić information content (AvgIpc) is 2.98. The van der Waals surface area contributed by atoms with Crippen molar-refractivity contribution in [3.63, 3.8) is 0 Å². The molecule has 1 atom stereocenters. The number of allylic oxidation sites excluding steroid dienone is 3. The summed E-state index contributed by atoms with van der Waals surface area (Å²) in [4.78, 5) is 4.39. The number of nitrogens with zero attached hydrogens (tertiary/aromatic N) is 1. The Morgan fingerprint density at radius 1 is 1.60 bits per heavy atom. The van der Waals surface area contributed by atoms with Gasteiger partial charge in [0, 0.05) is 16.4 Å². The number of hydrogen-bond donors (Lipinski definition) is 0. The molecule has 1 fully saturated rings. The third-order valence-electron chi connectivity index (χ3n) is 2.71. The third-order valence-corrected chi connectivity index (χ3v) is 3.23. The molecule has 0 aromatic carbocycles. The molecule has 0 bridgehead atoms. The second kappa shape index (κ2) is 6.26. The fourth-order valence-corrected chi connectivity index (χ4v) is 1.94. The zero-order chi connectivity index (χ0) is 11.3. The minimum absolute atomic E-state index is 0.524. The predicted molar refractivity (Wildman–Crippen MR) is 71.4 cm³/mol. The molecule has 1 nitrogen and oxygen atoms in total. The van der Waals surface area contributed by atoms with Crippen LogP contribution in [0.1, 0.15) is 39.5 Å². The standard InChI is InChI=1S/C13H20BrN/c1-4-5-13(14)9-15-11(3)10(2)8-12-6-7-12/h5,9-10,12H,3-4,6-8H2,1-2H3/b13-5+,15-9-. The summed E-state index contributed by atoms with van der Waals surface area (Å²) in [6.07, 6.45) is 9.04. The third kappa shape index (κ3) is 5.31. The molecule has 1 saturated carbocycles. The van der Waals surface area contributed by atoms with Crippen LogP contribution in [0.5, 0.6) is 0 Å². The lowest BCUT2D eigenvalue weighted by Gasteiger charge is -2.09. The van der Waals surface area contributed by atoms with Crippen LogP contribution in [0.4, 0.5) is 0 Å². The van der Waals surface area contributed by atoms with E-state index in [-0.39, 0.29) is 0 Å². The quantitative estimate of drug-likeness (QED) is 0.620. The molecule has 0 aromatic heterocycles. The van der Waals surface area contributed by atoms with Crippen LogP contribution in [-0.2, 0) is 0 Å². The Bertz CT molecular complexity index is 274. The Kier molecular flexibility index (Phi) is 5.30. The van der Waals surface area contributed by atoms with Crippen molar-refractivity contribution in [2.75, 3.05) is 0 Å². The van der Waals surface area contributed by atoms with E-state index in [1.54, 1.807) is 0 Å². The number of aliphatic imine (C=N–C) groups is 1. The maximum Gasteiger partial charge on any atom is 0.0410 e. The van der Waals surface area contributed by atoms with Crippen LogP contribution in [-0.4, -0.2) is 6.21 Å². The number of hydrogen-bond acceptors (Lipinski definition) is 1. The van der Waals surface area contributed by atoms with Gasteiger partial charge in [0.1, 0.15) is 0 Å². The minimum Gasteiger partial charge on any atom is -0.260 e. The van der Waals surface area contributed by atoms with Gasteiger partial charge in [0.05, 0.1) is 0 Å². The lowest BCUT2D eigenvalue weighted by atomic mass is 10.0. The molecule has 0 saturated heterocycles. The Labute approximate surface area is 101 Å². The molecule has 1 aliphatic rings. The fraction of sp³-hybridized carbons (Fsp3) is 0.615. The summed E-state index contributed by atoms with van der Waals surface area (Å²) in [6.45, 7) is 8.35. The normalized spacial score (nSPS) is 19.5. The predicted octanol–water partition coefficient (Wildman–Crippen LogP) is 4.70. The highest BCUT2D eigenvalue weighted by Gasteiger charge is 2.24. The van der Waals surface area contributed by atoms with Gasteiger partial charge in [-0.15, -0.1) is 0 Å². The molecule has 1 aliphatic carbocycles. The molecule has 0 N–H and O–H groups in total. The van der Waals surface area contributed by atoms with E-state index in [9.17, 15) is 0 Å². The van der Waals surface area contributed by atoms with Crippen molar-refractivity contribution < 1.29 is 0 Å². The molecule has 1 rings (SSSR count). The van der Waals surface area contributed by atoms with E-state index in [0.717, 1.165) is 22.5 Å². The molecule has 0 spiro atoms. The van der Waals surface area contributed by atoms with E-state index in [0.29, 0.717) is 5.92 Å². The Morgan fingerprint density at radius 2 is 2.27 bits per heavy atom. The molecule has 0 radical (unpaired) electrons. The largest absolute Gasteiger partial charge is 0.260 e. The summed E-state index contributed by atoms with van der Waals surface area (Å²) in [5.41, 5.74) is 1.00. The van der Waals surface area contributed by atoms with Gasteiger partial charge in [-0.3, -0.25) is 4.99 Å². The molecular formula is C13H20BrN. The van der Waals surface area contributed by atoms with Crippen LogP contribution in [0.3, 0.4) is 0 Å². The summed E-state index contributed by atoms with van der Waals surface area (Å²) in [5.74, 6) is 1.47. The van der Waals surface area contributed by atoms with E-state index in [1.807, 2.05) is 6.21 Å². The lowest BCUT2D eigenvalue weighted by Crippen LogP contribution is -1.97.